The molecular weight excluding hydrogens is 472 g/mol. The first-order valence-electron chi connectivity index (χ1n) is 12.8. The molecule has 1 aromatic rings. The molecule has 0 radical (unpaired) electrons. The molecule has 1 fully saturated rings. The topological polar surface area (TPSA) is 107 Å². The highest BCUT2D eigenvalue weighted by Crippen LogP contribution is 2.65. The molecule has 0 heterocycles. The van der Waals surface area contributed by atoms with Crippen LogP contribution in [0.2, 0.25) is 0 Å². The zero-order valence-electron chi connectivity index (χ0n) is 21.4. The molecule has 1 unspecified atom stereocenters. The van der Waals surface area contributed by atoms with E-state index >= 15 is 0 Å². The Balaban J connectivity index is 1.59. The van der Waals surface area contributed by atoms with E-state index in [4.69, 9.17) is 9.47 Å². The molecular formula is C30H32O7. The average molecular weight is 505 g/mol. The summed E-state index contributed by atoms with van der Waals surface area (Å²) in [5.74, 6) is -1.85. The van der Waals surface area contributed by atoms with Crippen molar-refractivity contribution in [1.82, 2.24) is 0 Å². The SMILES string of the molecule is CC(=O)OCC(=O)[C@@]1(OC(=O)c2ccccc2)CC[C@H]2C3=C(C(O)C[C@@]21C)[C@@]1(C)C=CC(=O)C=C1CC3. The fourth-order valence-corrected chi connectivity index (χ4v) is 7.34. The first-order valence-corrected chi connectivity index (χ1v) is 12.8. The lowest BCUT2D eigenvalue weighted by molar-refractivity contribution is -0.164. The Morgan fingerprint density at radius 2 is 1.84 bits per heavy atom. The monoisotopic (exact) mass is 504 g/mol. The van der Waals surface area contributed by atoms with Crippen molar-refractivity contribution in [2.75, 3.05) is 6.61 Å². The van der Waals surface area contributed by atoms with E-state index in [9.17, 15) is 24.3 Å². The van der Waals surface area contributed by atoms with Gasteiger partial charge in [0.05, 0.1) is 11.7 Å². The third kappa shape index (κ3) is 3.82. The molecule has 5 atom stereocenters. The molecule has 0 bridgehead atoms. The van der Waals surface area contributed by atoms with Gasteiger partial charge < -0.3 is 14.6 Å². The van der Waals surface area contributed by atoms with Gasteiger partial charge in [0.15, 0.2) is 18.0 Å². The van der Waals surface area contributed by atoms with Crippen LogP contribution in [0.4, 0.5) is 0 Å². The van der Waals surface area contributed by atoms with Crippen molar-refractivity contribution in [1.29, 1.82) is 0 Å². The Morgan fingerprint density at radius 1 is 1.11 bits per heavy atom. The van der Waals surface area contributed by atoms with Crippen molar-refractivity contribution in [3.8, 4) is 0 Å². The molecule has 4 aliphatic carbocycles. The number of ketones is 2. The summed E-state index contributed by atoms with van der Waals surface area (Å²) in [6, 6.07) is 8.49. The minimum absolute atomic E-state index is 0.0459. The number of aliphatic hydroxyl groups excluding tert-OH is 1. The molecule has 7 nitrogen and oxygen atoms in total. The summed E-state index contributed by atoms with van der Waals surface area (Å²) < 4.78 is 11.2. The summed E-state index contributed by atoms with van der Waals surface area (Å²) in [6.07, 6.45) is 6.63. The van der Waals surface area contributed by atoms with Crippen LogP contribution in [-0.2, 0) is 23.9 Å². The highest BCUT2D eigenvalue weighted by molar-refractivity contribution is 6.01. The van der Waals surface area contributed by atoms with E-state index < -0.39 is 46.9 Å². The zero-order chi connectivity index (χ0) is 26.6. The summed E-state index contributed by atoms with van der Waals surface area (Å²) in [7, 11) is 0. The average Bonchev–Trinajstić information content (AvgIpc) is 3.15. The standard InChI is InChI=1S/C30H32O7/c1-18(31)36-17-25(34)30(37-27(35)19-7-5-4-6-8-19)14-12-23-22-10-9-20-15-21(32)11-13-28(20,2)26(22)24(33)16-29(23,30)3/h4-8,11,13,15,23-24,33H,9-10,12,14,16-17H2,1-3H3/t23-,24?,28-,29-,30-/m0/s1. The number of aliphatic hydroxyl groups is 1. The second-order valence-electron chi connectivity index (χ2n) is 11.1. The predicted octanol–water partition coefficient (Wildman–Crippen LogP) is 4.06. The summed E-state index contributed by atoms with van der Waals surface area (Å²) in [6.45, 7) is 4.67. The summed E-state index contributed by atoms with van der Waals surface area (Å²) >= 11 is 0. The minimum Gasteiger partial charge on any atom is -0.458 e. The minimum atomic E-state index is -1.56. The Labute approximate surface area is 216 Å². The summed E-state index contributed by atoms with van der Waals surface area (Å²) in [4.78, 5) is 50.7. The molecule has 194 valence electrons. The van der Waals surface area contributed by atoms with E-state index in [0.717, 1.165) is 16.7 Å². The van der Waals surface area contributed by atoms with E-state index in [1.54, 1.807) is 42.5 Å². The number of benzene rings is 1. The number of allylic oxidation sites excluding steroid dienone is 5. The fourth-order valence-electron chi connectivity index (χ4n) is 7.34. The zero-order valence-corrected chi connectivity index (χ0v) is 21.4. The van der Waals surface area contributed by atoms with E-state index in [2.05, 4.69) is 0 Å². The van der Waals surface area contributed by atoms with Gasteiger partial charge in [0.25, 0.3) is 0 Å². The number of fused-ring (bicyclic) bond motifs is 4. The van der Waals surface area contributed by atoms with Crippen molar-refractivity contribution in [3.05, 3.63) is 70.8 Å². The van der Waals surface area contributed by atoms with Crippen LogP contribution in [0.15, 0.2) is 65.3 Å². The molecule has 0 aliphatic heterocycles. The van der Waals surface area contributed by atoms with Crippen molar-refractivity contribution >= 4 is 23.5 Å². The quantitative estimate of drug-likeness (QED) is 0.476. The molecule has 1 N–H and O–H groups in total. The lowest BCUT2D eigenvalue weighted by atomic mass is 9.52. The van der Waals surface area contributed by atoms with Gasteiger partial charge in [-0.05, 0) is 74.8 Å². The number of Topliss-reactive ketones (excluding diaryl/α,β-unsaturated/α-hetero) is 1. The van der Waals surface area contributed by atoms with Gasteiger partial charge >= 0.3 is 11.9 Å². The molecule has 7 heteroatoms. The summed E-state index contributed by atoms with van der Waals surface area (Å²) in [5, 5.41) is 11.6. The highest BCUT2D eigenvalue weighted by Gasteiger charge is 2.67. The predicted molar refractivity (Wildman–Crippen MR) is 134 cm³/mol. The molecule has 5 rings (SSSR count). The normalized spacial score (nSPS) is 34.2. The van der Waals surface area contributed by atoms with Gasteiger partial charge in [0.1, 0.15) is 0 Å². The molecule has 0 amide bonds. The first-order chi connectivity index (χ1) is 17.5. The Hall–Kier alpha value is -3.32. The van der Waals surface area contributed by atoms with Gasteiger partial charge in [-0.25, -0.2) is 4.79 Å². The number of carbonyl (C=O) groups is 4. The van der Waals surface area contributed by atoms with Gasteiger partial charge in [0, 0.05) is 17.8 Å². The molecule has 1 aromatic carbocycles. The number of esters is 2. The first kappa shape index (κ1) is 25.3. The maximum Gasteiger partial charge on any atom is 0.339 e. The largest absolute Gasteiger partial charge is 0.458 e. The molecule has 0 spiro atoms. The number of hydrogen-bond acceptors (Lipinski definition) is 7. The Morgan fingerprint density at radius 3 is 2.54 bits per heavy atom. The number of hydrogen-bond donors (Lipinski definition) is 1. The maximum absolute atomic E-state index is 13.8. The molecule has 4 aliphatic rings. The van der Waals surface area contributed by atoms with Gasteiger partial charge in [-0.15, -0.1) is 0 Å². The Kier molecular flexibility index (Phi) is 6.10. The Bertz CT molecular complexity index is 1270. The number of rotatable bonds is 5. The van der Waals surface area contributed by atoms with Crippen LogP contribution in [0.25, 0.3) is 0 Å². The number of ether oxygens (including phenoxy) is 2. The van der Waals surface area contributed by atoms with Gasteiger partial charge in [-0.1, -0.05) is 42.3 Å². The lowest BCUT2D eigenvalue weighted by Gasteiger charge is -2.53. The van der Waals surface area contributed by atoms with Crippen LogP contribution in [-0.4, -0.2) is 46.9 Å². The number of carbonyl (C=O) groups excluding carboxylic acids is 4. The molecule has 1 saturated carbocycles. The summed E-state index contributed by atoms with van der Waals surface area (Å²) in [5.41, 5.74) is 0.269. The van der Waals surface area contributed by atoms with Crippen molar-refractivity contribution in [2.45, 2.75) is 64.6 Å². The molecule has 0 aromatic heterocycles. The van der Waals surface area contributed by atoms with Crippen molar-refractivity contribution in [2.24, 2.45) is 16.7 Å². The van der Waals surface area contributed by atoms with Crippen LogP contribution in [0.5, 0.6) is 0 Å². The second-order valence-corrected chi connectivity index (χ2v) is 11.1. The second kappa shape index (κ2) is 8.91. The van der Waals surface area contributed by atoms with Crippen LogP contribution in [0, 0.1) is 16.7 Å². The van der Waals surface area contributed by atoms with E-state index in [0.29, 0.717) is 24.8 Å². The fraction of sp³-hybridized carbons (Fsp3) is 0.467. The maximum atomic E-state index is 13.8. The molecule has 37 heavy (non-hydrogen) atoms. The van der Waals surface area contributed by atoms with Crippen LogP contribution >= 0.6 is 0 Å². The van der Waals surface area contributed by atoms with Gasteiger partial charge in [-0.2, -0.15) is 0 Å². The van der Waals surface area contributed by atoms with Crippen molar-refractivity contribution < 1.29 is 33.8 Å². The van der Waals surface area contributed by atoms with Gasteiger partial charge in [0.2, 0.25) is 5.78 Å². The van der Waals surface area contributed by atoms with Crippen molar-refractivity contribution in [3.63, 3.8) is 0 Å². The lowest BCUT2D eigenvalue weighted by Crippen LogP contribution is -2.59. The molecule has 0 saturated heterocycles. The van der Waals surface area contributed by atoms with Crippen LogP contribution in [0.3, 0.4) is 0 Å². The highest BCUT2D eigenvalue weighted by atomic mass is 16.6. The third-order valence-electron chi connectivity index (χ3n) is 9.11. The van der Waals surface area contributed by atoms with E-state index in [1.807, 2.05) is 19.9 Å². The third-order valence-corrected chi connectivity index (χ3v) is 9.11. The van der Waals surface area contributed by atoms with Crippen LogP contribution < -0.4 is 0 Å². The van der Waals surface area contributed by atoms with E-state index in [-0.39, 0.29) is 24.5 Å². The van der Waals surface area contributed by atoms with Gasteiger partial charge in [-0.3, -0.25) is 14.4 Å². The van der Waals surface area contributed by atoms with E-state index in [1.165, 1.54) is 6.92 Å². The smallest absolute Gasteiger partial charge is 0.339 e. The van der Waals surface area contributed by atoms with Crippen LogP contribution in [0.1, 0.15) is 63.2 Å².